The Labute approximate surface area is 128 Å². The second kappa shape index (κ2) is 7.97. The predicted molar refractivity (Wildman–Crippen MR) is 83.5 cm³/mol. The molecule has 2 aromatic rings. The van der Waals surface area contributed by atoms with Gasteiger partial charge in [0.1, 0.15) is 11.6 Å². The van der Waals surface area contributed by atoms with E-state index in [0.717, 1.165) is 12.0 Å². The third-order valence-corrected chi connectivity index (χ3v) is 2.92. The molecule has 0 spiro atoms. The van der Waals surface area contributed by atoms with Crippen LogP contribution in [0, 0.1) is 5.82 Å². The summed E-state index contributed by atoms with van der Waals surface area (Å²) in [5.74, 6) is 0.472. The highest BCUT2D eigenvalue weighted by atomic mass is 19.1. The molecule has 1 amide bonds. The molecule has 2 rings (SSSR count). The Bertz CT molecular complexity index is 600. The van der Waals surface area contributed by atoms with E-state index >= 15 is 0 Å². The molecule has 116 valence electrons. The summed E-state index contributed by atoms with van der Waals surface area (Å²) >= 11 is 0. The number of amides is 1. The van der Waals surface area contributed by atoms with E-state index < -0.39 is 6.09 Å². The number of aromatic nitrogens is 1. The molecular formula is C16H18FN3O2. The summed E-state index contributed by atoms with van der Waals surface area (Å²) < 4.78 is 17.6. The number of benzene rings is 1. The summed E-state index contributed by atoms with van der Waals surface area (Å²) in [6.45, 7) is 2.75. The van der Waals surface area contributed by atoms with Crippen LogP contribution in [-0.4, -0.2) is 24.2 Å². The van der Waals surface area contributed by atoms with Gasteiger partial charge in [-0.2, -0.15) is 0 Å². The summed E-state index contributed by atoms with van der Waals surface area (Å²) in [6, 6.07) is 9.93. The fraction of sp³-hybridized carbons (Fsp3) is 0.250. The monoisotopic (exact) mass is 303 g/mol. The van der Waals surface area contributed by atoms with Gasteiger partial charge in [0.25, 0.3) is 0 Å². The maximum Gasteiger partial charge on any atom is 0.411 e. The minimum Gasteiger partial charge on any atom is -0.450 e. The molecule has 0 aliphatic rings. The molecule has 0 saturated heterocycles. The van der Waals surface area contributed by atoms with E-state index in [1.807, 2.05) is 0 Å². The van der Waals surface area contributed by atoms with Gasteiger partial charge in [-0.1, -0.05) is 12.1 Å². The molecule has 1 aromatic carbocycles. The van der Waals surface area contributed by atoms with E-state index in [1.54, 1.807) is 37.4 Å². The lowest BCUT2D eigenvalue weighted by molar-refractivity contribution is 0.168. The number of nitrogens with one attached hydrogen (secondary N) is 2. The first kappa shape index (κ1) is 15.8. The van der Waals surface area contributed by atoms with Gasteiger partial charge < -0.3 is 10.1 Å². The van der Waals surface area contributed by atoms with E-state index in [9.17, 15) is 9.18 Å². The smallest absolute Gasteiger partial charge is 0.411 e. The van der Waals surface area contributed by atoms with Crippen molar-refractivity contribution in [2.45, 2.75) is 13.3 Å². The fourth-order valence-electron chi connectivity index (χ4n) is 1.84. The maximum atomic E-state index is 12.8. The van der Waals surface area contributed by atoms with E-state index in [0.29, 0.717) is 24.7 Å². The van der Waals surface area contributed by atoms with Crippen molar-refractivity contribution in [1.29, 1.82) is 0 Å². The first-order chi connectivity index (χ1) is 10.7. The second-order valence-electron chi connectivity index (χ2n) is 4.58. The molecule has 0 fully saturated rings. The number of hydrogen-bond donors (Lipinski definition) is 2. The number of anilines is 2. The Hall–Kier alpha value is -2.63. The number of carbonyl (C=O) groups excluding carboxylic acids is 1. The number of ether oxygens (including phenoxy) is 1. The molecule has 0 aliphatic carbocycles. The van der Waals surface area contributed by atoms with Crippen molar-refractivity contribution in [3.8, 4) is 0 Å². The summed E-state index contributed by atoms with van der Waals surface area (Å²) in [5.41, 5.74) is 1.62. The maximum absolute atomic E-state index is 12.8. The van der Waals surface area contributed by atoms with Gasteiger partial charge >= 0.3 is 6.09 Å². The molecular weight excluding hydrogens is 285 g/mol. The number of halogens is 1. The van der Waals surface area contributed by atoms with Gasteiger partial charge in [-0.3, -0.25) is 5.32 Å². The normalized spacial score (nSPS) is 10.1. The summed E-state index contributed by atoms with van der Waals surface area (Å²) in [7, 11) is 0. The van der Waals surface area contributed by atoms with Crippen LogP contribution in [0.4, 0.5) is 20.7 Å². The highest BCUT2D eigenvalue weighted by Gasteiger charge is 2.02. The van der Waals surface area contributed by atoms with Gasteiger partial charge in [0.05, 0.1) is 18.5 Å². The van der Waals surface area contributed by atoms with Gasteiger partial charge in [-0.05, 0) is 43.2 Å². The molecule has 0 saturated carbocycles. The fourth-order valence-corrected chi connectivity index (χ4v) is 1.84. The zero-order valence-corrected chi connectivity index (χ0v) is 12.3. The Morgan fingerprint density at radius 2 is 2.00 bits per heavy atom. The first-order valence-corrected chi connectivity index (χ1v) is 7.05. The highest BCUT2D eigenvalue weighted by Crippen LogP contribution is 2.10. The molecule has 5 nitrogen and oxygen atoms in total. The molecule has 0 radical (unpaired) electrons. The molecule has 0 unspecified atom stereocenters. The average Bonchev–Trinajstić information content (AvgIpc) is 2.51. The lowest BCUT2D eigenvalue weighted by Gasteiger charge is -2.08. The van der Waals surface area contributed by atoms with E-state index in [4.69, 9.17) is 4.74 Å². The molecule has 2 N–H and O–H groups in total. The van der Waals surface area contributed by atoms with Crippen LogP contribution in [-0.2, 0) is 11.2 Å². The van der Waals surface area contributed by atoms with Gasteiger partial charge in [0, 0.05) is 6.54 Å². The Kier molecular flexibility index (Phi) is 5.71. The Morgan fingerprint density at radius 3 is 2.64 bits per heavy atom. The van der Waals surface area contributed by atoms with Crippen molar-refractivity contribution in [3.63, 3.8) is 0 Å². The number of hydrogen-bond acceptors (Lipinski definition) is 4. The van der Waals surface area contributed by atoms with Crippen LogP contribution >= 0.6 is 0 Å². The van der Waals surface area contributed by atoms with Crippen LogP contribution < -0.4 is 10.6 Å². The topological polar surface area (TPSA) is 63.2 Å². The number of nitrogens with zero attached hydrogens (tertiary/aromatic N) is 1. The molecule has 0 bridgehead atoms. The predicted octanol–water partition coefficient (Wildman–Crippen LogP) is 3.44. The SMILES string of the molecule is CCOC(=O)Nc1ccc(NCCc2ccc(F)cc2)nc1. The quantitative estimate of drug-likeness (QED) is 0.858. The average molecular weight is 303 g/mol. The van der Waals surface area contributed by atoms with Gasteiger partial charge in [0.15, 0.2) is 0 Å². The first-order valence-electron chi connectivity index (χ1n) is 7.05. The molecule has 0 atom stereocenters. The molecule has 0 aliphatic heterocycles. The van der Waals surface area contributed by atoms with Crippen LogP contribution in [0.2, 0.25) is 0 Å². The highest BCUT2D eigenvalue weighted by molar-refractivity contribution is 5.84. The number of rotatable bonds is 6. The van der Waals surface area contributed by atoms with Crippen LogP contribution in [0.25, 0.3) is 0 Å². The molecule has 6 heteroatoms. The van der Waals surface area contributed by atoms with Crippen molar-refractivity contribution in [1.82, 2.24) is 4.98 Å². The summed E-state index contributed by atoms with van der Waals surface area (Å²) in [6.07, 6.45) is 1.82. The van der Waals surface area contributed by atoms with Gasteiger partial charge in [-0.25, -0.2) is 14.2 Å². The third-order valence-electron chi connectivity index (χ3n) is 2.92. The van der Waals surface area contributed by atoms with Crippen molar-refractivity contribution in [2.75, 3.05) is 23.8 Å². The molecule has 1 heterocycles. The third kappa shape index (κ3) is 5.05. The van der Waals surface area contributed by atoms with E-state index in [-0.39, 0.29) is 5.82 Å². The van der Waals surface area contributed by atoms with Crippen LogP contribution in [0.1, 0.15) is 12.5 Å². The van der Waals surface area contributed by atoms with Crippen LogP contribution in [0.15, 0.2) is 42.6 Å². The summed E-state index contributed by atoms with van der Waals surface area (Å²) in [4.78, 5) is 15.4. The second-order valence-corrected chi connectivity index (χ2v) is 4.58. The van der Waals surface area contributed by atoms with Crippen molar-refractivity contribution < 1.29 is 13.9 Å². The summed E-state index contributed by atoms with van der Waals surface area (Å²) in [5, 5.41) is 5.73. The van der Waals surface area contributed by atoms with Crippen molar-refractivity contribution in [2.24, 2.45) is 0 Å². The van der Waals surface area contributed by atoms with Crippen LogP contribution in [0.5, 0.6) is 0 Å². The minimum atomic E-state index is -0.499. The lowest BCUT2D eigenvalue weighted by atomic mass is 10.1. The number of carbonyl (C=O) groups is 1. The number of pyridine rings is 1. The standard InChI is InChI=1S/C16H18FN3O2/c1-2-22-16(21)20-14-7-8-15(19-11-14)18-10-9-12-3-5-13(17)6-4-12/h3-8,11H,2,9-10H2,1H3,(H,18,19)(H,20,21). The van der Waals surface area contributed by atoms with E-state index in [1.165, 1.54) is 12.1 Å². The van der Waals surface area contributed by atoms with E-state index in [2.05, 4.69) is 15.6 Å². The van der Waals surface area contributed by atoms with Gasteiger partial charge in [-0.15, -0.1) is 0 Å². The Balaban J connectivity index is 1.78. The zero-order valence-electron chi connectivity index (χ0n) is 12.3. The molecule has 22 heavy (non-hydrogen) atoms. The van der Waals surface area contributed by atoms with Gasteiger partial charge in [0.2, 0.25) is 0 Å². The molecule has 1 aromatic heterocycles. The van der Waals surface area contributed by atoms with Crippen molar-refractivity contribution in [3.05, 3.63) is 54.0 Å². The lowest BCUT2D eigenvalue weighted by Crippen LogP contribution is -2.13. The Morgan fingerprint density at radius 1 is 1.23 bits per heavy atom. The van der Waals surface area contributed by atoms with Crippen molar-refractivity contribution >= 4 is 17.6 Å². The largest absolute Gasteiger partial charge is 0.450 e. The minimum absolute atomic E-state index is 0.233. The zero-order chi connectivity index (χ0) is 15.8. The van der Waals surface area contributed by atoms with Crippen LogP contribution in [0.3, 0.4) is 0 Å².